The third-order valence-electron chi connectivity index (χ3n) is 2.57. The molecule has 98 valence electrons. The second-order valence-corrected chi connectivity index (χ2v) is 5.47. The molecule has 0 aromatic heterocycles. The number of carbonyl (C=O) groups is 2. The molecule has 5 nitrogen and oxygen atoms in total. The summed E-state index contributed by atoms with van der Waals surface area (Å²) in [6.45, 7) is 7.89. The number of hydrogen-bond donors (Lipinski definition) is 2. The molecular formula is C12H23N3O2. The molecule has 0 saturated carbocycles. The second kappa shape index (κ2) is 5.89. The highest BCUT2D eigenvalue weighted by atomic mass is 16.2. The van der Waals surface area contributed by atoms with Gasteiger partial charge in [-0.05, 0) is 33.6 Å². The van der Waals surface area contributed by atoms with Crippen molar-refractivity contribution in [3.05, 3.63) is 0 Å². The maximum Gasteiger partial charge on any atom is 0.315 e. The average molecular weight is 241 g/mol. The SMILES string of the molecule is CC(C)(C)NC(=O)NCCC(=O)N1CCCC1. The molecule has 0 bridgehead atoms. The molecule has 5 heteroatoms. The lowest BCUT2D eigenvalue weighted by Crippen LogP contribution is -2.47. The first-order valence-corrected chi connectivity index (χ1v) is 6.22. The Balaban J connectivity index is 2.14. The number of nitrogens with one attached hydrogen (secondary N) is 2. The van der Waals surface area contributed by atoms with Crippen molar-refractivity contribution in [1.82, 2.24) is 15.5 Å². The van der Waals surface area contributed by atoms with E-state index in [4.69, 9.17) is 0 Å². The van der Waals surface area contributed by atoms with Gasteiger partial charge in [-0.2, -0.15) is 0 Å². The quantitative estimate of drug-likeness (QED) is 0.777. The number of amides is 3. The largest absolute Gasteiger partial charge is 0.343 e. The van der Waals surface area contributed by atoms with E-state index >= 15 is 0 Å². The lowest BCUT2D eigenvalue weighted by Gasteiger charge is -2.21. The number of carbonyl (C=O) groups excluding carboxylic acids is 2. The van der Waals surface area contributed by atoms with Crippen LogP contribution in [-0.2, 0) is 4.79 Å². The number of rotatable bonds is 3. The third-order valence-corrected chi connectivity index (χ3v) is 2.57. The average Bonchev–Trinajstić information content (AvgIpc) is 2.66. The Hall–Kier alpha value is -1.26. The molecule has 1 heterocycles. The van der Waals surface area contributed by atoms with E-state index in [1.165, 1.54) is 0 Å². The molecule has 2 N–H and O–H groups in total. The summed E-state index contributed by atoms with van der Waals surface area (Å²) in [5, 5.41) is 5.48. The van der Waals surface area contributed by atoms with Gasteiger partial charge < -0.3 is 15.5 Å². The Morgan fingerprint density at radius 1 is 1.18 bits per heavy atom. The molecular weight excluding hydrogens is 218 g/mol. The smallest absolute Gasteiger partial charge is 0.315 e. The van der Waals surface area contributed by atoms with Gasteiger partial charge in [0, 0.05) is 31.6 Å². The Kier molecular flexibility index (Phi) is 4.78. The molecule has 1 aliphatic heterocycles. The zero-order valence-electron chi connectivity index (χ0n) is 11.0. The second-order valence-electron chi connectivity index (χ2n) is 5.47. The Labute approximate surface area is 103 Å². The van der Waals surface area contributed by atoms with Gasteiger partial charge in [0.15, 0.2) is 0 Å². The van der Waals surface area contributed by atoms with E-state index in [1.54, 1.807) is 0 Å². The molecule has 1 rings (SSSR count). The van der Waals surface area contributed by atoms with Crippen LogP contribution in [0.4, 0.5) is 4.79 Å². The molecule has 1 saturated heterocycles. The molecule has 0 spiro atoms. The van der Waals surface area contributed by atoms with Crippen LogP contribution in [0.15, 0.2) is 0 Å². The predicted octanol–water partition coefficient (Wildman–Crippen LogP) is 1.10. The minimum atomic E-state index is -0.247. The molecule has 3 amide bonds. The molecule has 0 radical (unpaired) electrons. The van der Waals surface area contributed by atoms with Crippen LogP contribution < -0.4 is 10.6 Å². The first-order chi connectivity index (χ1) is 7.88. The van der Waals surface area contributed by atoms with Gasteiger partial charge >= 0.3 is 6.03 Å². The minimum absolute atomic E-state index is 0.138. The molecule has 0 unspecified atom stereocenters. The van der Waals surface area contributed by atoms with Crippen molar-refractivity contribution in [3.63, 3.8) is 0 Å². The first-order valence-electron chi connectivity index (χ1n) is 6.22. The number of likely N-dealkylation sites (tertiary alicyclic amines) is 1. The van der Waals surface area contributed by atoms with Crippen molar-refractivity contribution < 1.29 is 9.59 Å². The van der Waals surface area contributed by atoms with E-state index in [2.05, 4.69) is 10.6 Å². The van der Waals surface area contributed by atoms with Crippen molar-refractivity contribution in [2.75, 3.05) is 19.6 Å². The van der Waals surface area contributed by atoms with Crippen LogP contribution in [0.2, 0.25) is 0 Å². The van der Waals surface area contributed by atoms with E-state index in [-0.39, 0.29) is 17.5 Å². The van der Waals surface area contributed by atoms with Crippen LogP contribution in [-0.4, -0.2) is 42.0 Å². The zero-order valence-corrected chi connectivity index (χ0v) is 11.0. The van der Waals surface area contributed by atoms with Gasteiger partial charge in [-0.3, -0.25) is 4.79 Å². The number of urea groups is 1. The van der Waals surface area contributed by atoms with E-state index in [0.29, 0.717) is 13.0 Å². The van der Waals surface area contributed by atoms with E-state index in [9.17, 15) is 9.59 Å². The molecule has 1 aliphatic rings. The fourth-order valence-corrected chi connectivity index (χ4v) is 1.79. The molecule has 1 fully saturated rings. The molecule has 0 aromatic rings. The van der Waals surface area contributed by atoms with Gasteiger partial charge in [-0.1, -0.05) is 0 Å². The first kappa shape index (κ1) is 13.8. The van der Waals surface area contributed by atoms with Crippen molar-refractivity contribution >= 4 is 11.9 Å². The van der Waals surface area contributed by atoms with Crippen molar-refractivity contribution in [2.45, 2.75) is 45.6 Å². The van der Waals surface area contributed by atoms with Gasteiger partial charge in [-0.25, -0.2) is 4.79 Å². The monoisotopic (exact) mass is 241 g/mol. The Bertz CT molecular complexity index is 278. The summed E-state index contributed by atoms with van der Waals surface area (Å²) in [4.78, 5) is 24.9. The van der Waals surface area contributed by atoms with Gasteiger partial charge in [0.1, 0.15) is 0 Å². The van der Waals surface area contributed by atoms with E-state index < -0.39 is 0 Å². The summed E-state index contributed by atoms with van der Waals surface area (Å²) in [6, 6.07) is -0.216. The lowest BCUT2D eigenvalue weighted by atomic mass is 10.1. The van der Waals surface area contributed by atoms with Gasteiger partial charge in [0.25, 0.3) is 0 Å². The number of hydrogen-bond acceptors (Lipinski definition) is 2. The highest BCUT2D eigenvalue weighted by molar-refractivity contribution is 5.78. The summed E-state index contributed by atoms with van der Waals surface area (Å²) < 4.78 is 0. The van der Waals surface area contributed by atoms with Crippen molar-refractivity contribution in [1.29, 1.82) is 0 Å². The van der Waals surface area contributed by atoms with Gasteiger partial charge in [0.2, 0.25) is 5.91 Å². The van der Waals surface area contributed by atoms with Crippen LogP contribution in [0.25, 0.3) is 0 Å². The van der Waals surface area contributed by atoms with Crippen LogP contribution in [0.3, 0.4) is 0 Å². The van der Waals surface area contributed by atoms with Gasteiger partial charge in [0.05, 0.1) is 0 Å². The summed E-state index contributed by atoms with van der Waals surface area (Å²) in [5.74, 6) is 0.138. The summed E-state index contributed by atoms with van der Waals surface area (Å²) >= 11 is 0. The maximum absolute atomic E-state index is 11.7. The normalized spacial score (nSPS) is 15.8. The van der Waals surface area contributed by atoms with Crippen LogP contribution in [0.5, 0.6) is 0 Å². The van der Waals surface area contributed by atoms with Crippen molar-refractivity contribution in [3.8, 4) is 0 Å². The minimum Gasteiger partial charge on any atom is -0.343 e. The summed E-state index contributed by atoms with van der Waals surface area (Å²) in [7, 11) is 0. The highest BCUT2D eigenvalue weighted by Crippen LogP contribution is 2.08. The zero-order chi connectivity index (χ0) is 12.9. The summed E-state index contributed by atoms with van der Waals surface area (Å²) in [6.07, 6.45) is 2.59. The van der Waals surface area contributed by atoms with E-state index in [0.717, 1.165) is 25.9 Å². The van der Waals surface area contributed by atoms with Crippen LogP contribution in [0.1, 0.15) is 40.0 Å². The third kappa shape index (κ3) is 5.56. The fourth-order valence-electron chi connectivity index (χ4n) is 1.79. The maximum atomic E-state index is 11.7. The van der Waals surface area contributed by atoms with Crippen LogP contribution >= 0.6 is 0 Å². The Morgan fingerprint density at radius 3 is 2.29 bits per heavy atom. The molecule has 0 aliphatic carbocycles. The Morgan fingerprint density at radius 2 is 1.76 bits per heavy atom. The molecule has 0 aromatic carbocycles. The fraction of sp³-hybridized carbons (Fsp3) is 0.833. The van der Waals surface area contributed by atoms with E-state index in [1.807, 2.05) is 25.7 Å². The number of nitrogens with zero attached hydrogens (tertiary/aromatic N) is 1. The lowest BCUT2D eigenvalue weighted by molar-refractivity contribution is -0.129. The topological polar surface area (TPSA) is 61.4 Å². The molecule has 0 atom stereocenters. The predicted molar refractivity (Wildman–Crippen MR) is 66.7 cm³/mol. The highest BCUT2D eigenvalue weighted by Gasteiger charge is 2.18. The van der Waals surface area contributed by atoms with Crippen molar-refractivity contribution in [2.24, 2.45) is 0 Å². The van der Waals surface area contributed by atoms with Gasteiger partial charge in [-0.15, -0.1) is 0 Å². The molecule has 17 heavy (non-hydrogen) atoms. The summed E-state index contributed by atoms with van der Waals surface area (Å²) in [5.41, 5.74) is -0.247. The standard InChI is InChI=1S/C12H23N3O2/c1-12(2,3)14-11(17)13-7-6-10(16)15-8-4-5-9-15/h4-9H2,1-3H3,(H2,13,14,17). The van der Waals surface area contributed by atoms with Crippen LogP contribution in [0, 0.1) is 0 Å².